The zero-order valence-corrected chi connectivity index (χ0v) is 37.6. The quantitative estimate of drug-likeness (QED) is 0.0626. The molecule has 0 spiro atoms. The predicted molar refractivity (Wildman–Crippen MR) is 246 cm³/mol. The molecule has 2 fully saturated rings. The normalized spacial score (nSPS) is 19.5. The number of allylic oxidation sites excluding steroid dienone is 1. The van der Waals surface area contributed by atoms with Crippen molar-refractivity contribution in [2.24, 2.45) is 11.3 Å². The number of benzene rings is 4. The van der Waals surface area contributed by atoms with E-state index in [0.717, 1.165) is 81.4 Å². The Kier molecular flexibility index (Phi) is 14.0. The van der Waals surface area contributed by atoms with Crippen LogP contribution in [-0.2, 0) is 14.8 Å². The van der Waals surface area contributed by atoms with Gasteiger partial charge >= 0.3 is 0 Å². The van der Waals surface area contributed by atoms with Crippen molar-refractivity contribution < 1.29 is 27.6 Å². The summed E-state index contributed by atoms with van der Waals surface area (Å²) in [5, 5.41) is 16.2. The van der Waals surface area contributed by atoms with Crippen molar-refractivity contribution in [3.05, 3.63) is 116 Å². The monoisotopic (exact) mass is 904 g/mol. The number of hydrogen-bond donors (Lipinski definition) is 3. The van der Waals surface area contributed by atoms with E-state index in [9.17, 15) is 23.3 Å². The summed E-state index contributed by atoms with van der Waals surface area (Å²) in [6.45, 7) is 9.06. The van der Waals surface area contributed by atoms with Gasteiger partial charge in [-0.15, -0.1) is 0 Å². The maximum absolute atomic E-state index is 13.9. The Bertz CT molecular complexity index is 2430. The number of methoxy groups -OCH3 is 1. The fourth-order valence-electron chi connectivity index (χ4n) is 8.62. The van der Waals surface area contributed by atoms with Gasteiger partial charge in [0.1, 0.15) is 17.2 Å². The number of piperazine rings is 1. The minimum atomic E-state index is -4.57. The number of sulfonamides is 1. The van der Waals surface area contributed by atoms with Gasteiger partial charge in [0.15, 0.2) is 0 Å². The van der Waals surface area contributed by atoms with Gasteiger partial charge in [0.05, 0.1) is 32.2 Å². The van der Waals surface area contributed by atoms with E-state index in [4.69, 9.17) is 38.4 Å². The van der Waals surface area contributed by atoms with Crippen LogP contribution in [0.15, 0.2) is 89.3 Å². The Hall–Kier alpha value is -4.86. The van der Waals surface area contributed by atoms with Crippen molar-refractivity contribution in [3.63, 3.8) is 0 Å². The molecule has 3 aliphatic rings. The first-order chi connectivity index (χ1) is 29.6. The maximum atomic E-state index is 13.9. The summed E-state index contributed by atoms with van der Waals surface area (Å²) in [7, 11) is -2.87. The second-order valence-electron chi connectivity index (χ2n) is 17.3. The molecule has 2 aliphatic carbocycles. The van der Waals surface area contributed by atoms with Crippen LogP contribution in [0, 0.1) is 21.4 Å². The molecule has 0 bridgehead atoms. The molecule has 1 aliphatic heterocycles. The van der Waals surface area contributed by atoms with Gasteiger partial charge in [0.2, 0.25) is 0 Å². The number of carbonyl (C=O) groups is 1. The first-order valence-electron chi connectivity index (χ1n) is 21.0. The number of nitrogen functional groups attached to an aromatic ring is 1. The molecule has 1 saturated carbocycles. The van der Waals surface area contributed by atoms with E-state index in [1.165, 1.54) is 41.0 Å². The predicted octanol–water partition coefficient (Wildman–Crippen LogP) is 9.80. The molecule has 1 heterocycles. The number of rotatable bonds is 14. The summed E-state index contributed by atoms with van der Waals surface area (Å²) in [6, 6.07) is 21.4. The zero-order valence-electron chi connectivity index (χ0n) is 35.3. The number of anilines is 3. The van der Waals surface area contributed by atoms with Crippen LogP contribution < -0.4 is 25.4 Å². The standard InChI is InChI=1S/C46H54Cl2N6O7S/c1-46(2)19-18-32(39(27-46)31-6-8-33(47)9-7-31)29-52-20-22-53(23-21-52)34-10-15-38(44(24-34)61-36-13-16-41(49)40(48)25-36)45(55)51-62(58,59)37-14-17-42(43(26-37)54(56)57)50-28-30-4-11-35(60-3)12-5-30/h6-10,13-17,24-26,30,35,50H,4-5,11-12,18-23,27-29,49H2,1-3H3,(H,51,55). The molecular weight excluding hydrogens is 852 g/mol. The highest BCUT2D eigenvalue weighted by molar-refractivity contribution is 7.90. The molecule has 16 heteroatoms. The lowest BCUT2D eigenvalue weighted by atomic mass is 9.72. The molecule has 0 atom stereocenters. The van der Waals surface area contributed by atoms with E-state index in [-0.39, 0.29) is 39.3 Å². The van der Waals surface area contributed by atoms with E-state index in [1.807, 2.05) is 12.1 Å². The molecule has 330 valence electrons. The van der Waals surface area contributed by atoms with E-state index in [0.29, 0.717) is 31.2 Å². The Balaban J connectivity index is 1.07. The van der Waals surface area contributed by atoms with Crippen molar-refractivity contribution in [1.82, 2.24) is 9.62 Å². The molecule has 62 heavy (non-hydrogen) atoms. The van der Waals surface area contributed by atoms with Crippen molar-refractivity contribution in [1.29, 1.82) is 0 Å². The van der Waals surface area contributed by atoms with Gasteiger partial charge in [-0.3, -0.25) is 19.8 Å². The molecule has 7 rings (SSSR count). The van der Waals surface area contributed by atoms with E-state index < -0.39 is 31.4 Å². The van der Waals surface area contributed by atoms with Crippen LogP contribution in [0.2, 0.25) is 10.0 Å². The van der Waals surface area contributed by atoms with Gasteiger partial charge < -0.3 is 25.4 Å². The zero-order chi connectivity index (χ0) is 44.2. The second kappa shape index (κ2) is 19.3. The highest BCUT2D eigenvalue weighted by atomic mass is 35.5. The molecule has 13 nitrogen and oxygen atoms in total. The van der Waals surface area contributed by atoms with E-state index in [1.54, 1.807) is 31.4 Å². The number of nitrogens with two attached hydrogens (primary N) is 1. The van der Waals surface area contributed by atoms with Crippen LogP contribution in [0.3, 0.4) is 0 Å². The summed E-state index contributed by atoms with van der Waals surface area (Å²) in [5.74, 6) is -0.303. The number of amides is 1. The van der Waals surface area contributed by atoms with Crippen LogP contribution in [-0.4, -0.2) is 76.6 Å². The molecule has 4 aromatic rings. The van der Waals surface area contributed by atoms with Crippen LogP contribution >= 0.6 is 23.2 Å². The third-order valence-electron chi connectivity index (χ3n) is 12.4. The molecule has 4 aromatic carbocycles. The molecule has 0 aromatic heterocycles. The highest BCUT2D eigenvalue weighted by Crippen LogP contribution is 2.44. The average Bonchev–Trinajstić information content (AvgIpc) is 3.25. The van der Waals surface area contributed by atoms with Gasteiger partial charge in [-0.1, -0.05) is 54.8 Å². The number of nitrogens with zero attached hydrogens (tertiary/aromatic N) is 3. The first kappa shape index (κ1) is 45.2. The molecule has 4 N–H and O–H groups in total. The summed E-state index contributed by atoms with van der Waals surface area (Å²) in [4.78, 5) is 29.6. The summed E-state index contributed by atoms with van der Waals surface area (Å²) in [6.07, 6.45) is 7.04. The smallest absolute Gasteiger partial charge is 0.293 e. The SMILES string of the molecule is COC1CCC(CNc2ccc(S(=O)(=O)NC(=O)c3ccc(N4CCN(CC5=C(c6ccc(Cl)cc6)CC(C)(C)CC5)CC4)cc3Oc3ccc(N)c(Cl)c3)cc2[N+](=O)[O-])CC1. The lowest BCUT2D eigenvalue weighted by molar-refractivity contribution is -0.384. The van der Waals surface area contributed by atoms with Gasteiger partial charge in [0, 0.05) is 75.3 Å². The van der Waals surface area contributed by atoms with Crippen molar-refractivity contribution in [2.75, 3.05) is 62.3 Å². The van der Waals surface area contributed by atoms with Crippen molar-refractivity contribution in [3.8, 4) is 11.5 Å². The largest absolute Gasteiger partial charge is 0.456 e. The molecule has 1 saturated heterocycles. The fourth-order valence-corrected chi connectivity index (χ4v) is 9.90. The Morgan fingerprint density at radius 1 is 0.952 bits per heavy atom. The third-order valence-corrected chi connectivity index (χ3v) is 14.3. The summed E-state index contributed by atoms with van der Waals surface area (Å²) < 4.78 is 41.1. The Labute approximate surface area is 373 Å². The Morgan fingerprint density at radius 2 is 1.68 bits per heavy atom. The van der Waals surface area contributed by atoms with Crippen molar-refractivity contribution >= 4 is 67.5 Å². The fraction of sp³-hybridized carbons (Fsp3) is 0.413. The number of nitrogens with one attached hydrogen (secondary N) is 2. The highest BCUT2D eigenvalue weighted by Gasteiger charge is 2.31. The number of carbonyl (C=O) groups excluding carboxylic acids is 1. The number of ether oxygens (including phenoxy) is 2. The van der Waals surface area contributed by atoms with Gasteiger partial charge in [-0.2, -0.15) is 0 Å². The summed E-state index contributed by atoms with van der Waals surface area (Å²) in [5.41, 5.74) is 11.1. The number of halogens is 2. The van der Waals surface area contributed by atoms with Crippen LogP contribution in [0.5, 0.6) is 11.5 Å². The topological polar surface area (TPSA) is 169 Å². The number of nitro benzene ring substituents is 1. The second-order valence-corrected chi connectivity index (χ2v) is 19.8. The van der Waals surface area contributed by atoms with Crippen LogP contribution in [0.4, 0.5) is 22.7 Å². The van der Waals surface area contributed by atoms with Crippen LogP contribution in [0.1, 0.15) is 74.7 Å². The molecule has 0 unspecified atom stereocenters. The average molecular weight is 906 g/mol. The lowest BCUT2D eigenvalue weighted by Crippen LogP contribution is -2.47. The van der Waals surface area contributed by atoms with Crippen LogP contribution in [0.25, 0.3) is 5.57 Å². The Morgan fingerprint density at radius 3 is 2.35 bits per heavy atom. The maximum Gasteiger partial charge on any atom is 0.293 e. The first-order valence-corrected chi connectivity index (χ1v) is 23.2. The summed E-state index contributed by atoms with van der Waals surface area (Å²) >= 11 is 12.5. The lowest BCUT2D eigenvalue weighted by Gasteiger charge is -2.39. The van der Waals surface area contributed by atoms with Gasteiger partial charge in [-0.25, -0.2) is 13.1 Å². The van der Waals surface area contributed by atoms with E-state index >= 15 is 0 Å². The van der Waals surface area contributed by atoms with E-state index in [2.05, 4.69) is 45.8 Å². The molecular formula is C46H54Cl2N6O7S. The third kappa shape index (κ3) is 11.0. The van der Waals surface area contributed by atoms with Gasteiger partial charge in [-0.05, 0) is 116 Å². The molecule has 1 amide bonds. The number of hydrogen-bond acceptors (Lipinski definition) is 11. The minimum absolute atomic E-state index is 0.0678. The number of nitro groups is 1. The van der Waals surface area contributed by atoms with Crippen molar-refractivity contribution in [2.45, 2.75) is 69.8 Å². The molecule has 0 radical (unpaired) electrons. The minimum Gasteiger partial charge on any atom is -0.456 e. The van der Waals surface area contributed by atoms with Gasteiger partial charge in [0.25, 0.3) is 21.6 Å².